The Labute approximate surface area is 171 Å². The summed E-state index contributed by atoms with van der Waals surface area (Å²) in [5.74, 6) is 1.53. The number of piperidine rings is 1. The highest BCUT2D eigenvalue weighted by molar-refractivity contribution is 5.72. The van der Waals surface area contributed by atoms with Crippen molar-refractivity contribution in [1.29, 1.82) is 0 Å². The van der Waals surface area contributed by atoms with Crippen molar-refractivity contribution < 1.29 is 4.74 Å². The minimum absolute atomic E-state index is 0.216. The van der Waals surface area contributed by atoms with Gasteiger partial charge in [0.1, 0.15) is 5.75 Å². The zero-order chi connectivity index (χ0) is 19.7. The molecule has 0 bridgehead atoms. The average Bonchev–Trinajstić information content (AvgIpc) is 2.79. The predicted molar refractivity (Wildman–Crippen MR) is 115 cm³/mol. The summed E-state index contributed by atoms with van der Waals surface area (Å²) in [4.78, 5) is 9.55. The maximum absolute atomic E-state index is 5.31. The molecule has 2 N–H and O–H groups in total. The molecule has 148 valence electrons. The fraction of sp³-hybridized carbons (Fsp3) is 0.333. The standard InChI is InChI=1S/C24H26N4O/c1-29-19-6-4-5-17(13-19)15-26-23-27-16-18-14-24(9-11-25-12-10-24)21-8-3-2-7-20(21)22(18)28-23/h2-8,13,16,25H,9-12,14-15H2,1H3,(H,26,27,28). The molecule has 3 aromatic rings. The molecule has 1 saturated heterocycles. The number of nitrogens with zero attached hydrogens (tertiary/aromatic N) is 2. The van der Waals surface area contributed by atoms with Crippen molar-refractivity contribution in [3.8, 4) is 17.0 Å². The minimum Gasteiger partial charge on any atom is -0.497 e. The minimum atomic E-state index is 0.216. The molecule has 0 radical (unpaired) electrons. The van der Waals surface area contributed by atoms with E-state index in [9.17, 15) is 0 Å². The Morgan fingerprint density at radius 3 is 2.83 bits per heavy atom. The van der Waals surface area contributed by atoms with Gasteiger partial charge in [0.05, 0.1) is 12.8 Å². The monoisotopic (exact) mass is 386 g/mol. The molecule has 1 aromatic heterocycles. The highest BCUT2D eigenvalue weighted by Crippen LogP contribution is 2.46. The van der Waals surface area contributed by atoms with Gasteiger partial charge in [0, 0.05) is 23.7 Å². The third-order valence-electron chi connectivity index (χ3n) is 6.29. The quantitative estimate of drug-likeness (QED) is 0.711. The van der Waals surface area contributed by atoms with Gasteiger partial charge in [-0.05, 0) is 61.2 Å². The van der Waals surface area contributed by atoms with Crippen molar-refractivity contribution >= 4 is 5.95 Å². The lowest BCUT2D eigenvalue weighted by molar-refractivity contribution is 0.302. The van der Waals surface area contributed by atoms with Gasteiger partial charge in [-0.1, -0.05) is 36.4 Å². The van der Waals surface area contributed by atoms with Gasteiger partial charge in [-0.15, -0.1) is 0 Å². The van der Waals surface area contributed by atoms with Crippen molar-refractivity contribution in [2.24, 2.45) is 0 Å². The van der Waals surface area contributed by atoms with E-state index < -0.39 is 0 Å². The first-order valence-corrected chi connectivity index (χ1v) is 10.3. The number of benzene rings is 2. The Kier molecular flexibility index (Phi) is 4.68. The molecule has 0 atom stereocenters. The molecule has 2 aliphatic rings. The molecule has 1 aliphatic heterocycles. The molecule has 2 aromatic carbocycles. The van der Waals surface area contributed by atoms with Crippen LogP contribution in [-0.4, -0.2) is 30.2 Å². The summed E-state index contributed by atoms with van der Waals surface area (Å²) < 4.78 is 5.31. The fourth-order valence-corrected chi connectivity index (χ4v) is 4.78. The number of aromatic nitrogens is 2. The lowest BCUT2D eigenvalue weighted by atomic mass is 9.64. The Morgan fingerprint density at radius 1 is 1.10 bits per heavy atom. The molecule has 5 rings (SSSR count). The molecule has 5 heteroatoms. The van der Waals surface area contributed by atoms with Crippen molar-refractivity contribution in [3.63, 3.8) is 0 Å². The van der Waals surface area contributed by atoms with Gasteiger partial charge >= 0.3 is 0 Å². The molecular weight excluding hydrogens is 360 g/mol. The second kappa shape index (κ2) is 7.48. The SMILES string of the molecule is COc1cccc(CNc2ncc3c(n2)-c2ccccc2C2(CCNCC2)C3)c1. The van der Waals surface area contributed by atoms with E-state index in [0.29, 0.717) is 12.5 Å². The van der Waals surface area contributed by atoms with E-state index in [2.05, 4.69) is 45.9 Å². The number of methoxy groups -OCH3 is 1. The van der Waals surface area contributed by atoms with Crippen LogP contribution < -0.4 is 15.4 Å². The topological polar surface area (TPSA) is 59.1 Å². The third-order valence-corrected chi connectivity index (χ3v) is 6.29. The summed E-state index contributed by atoms with van der Waals surface area (Å²) in [5.41, 5.74) is 6.41. The highest BCUT2D eigenvalue weighted by atomic mass is 16.5. The summed E-state index contributed by atoms with van der Waals surface area (Å²) in [7, 11) is 1.69. The van der Waals surface area contributed by atoms with Crippen LogP contribution >= 0.6 is 0 Å². The van der Waals surface area contributed by atoms with Crippen molar-refractivity contribution in [1.82, 2.24) is 15.3 Å². The van der Waals surface area contributed by atoms with E-state index in [-0.39, 0.29) is 5.41 Å². The Hall–Kier alpha value is -2.92. The molecule has 29 heavy (non-hydrogen) atoms. The van der Waals surface area contributed by atoms with Crippen LogP contribution in [0, 0.1) is 0 Å². The number of hydrogen-bond donors (Lipinski definition) is 2. The van der Waals surface area contributed by atoms with Gasteiger partial charge < -0.3 is 15.4 Å². The summed E-state index contributed by atoms with van der Waals surface area (Å²) in [6.07, 6.45) is 5.38. The van der Waals surface area contributed by atoms with Crippen LogP contribution in [0.2, 0.25) is 0 Å². The summed E-state index contributed by atoms with van der Waals surface area (Å²) in [6.45, 7) is 2.81. The lowest BCUT2D eigenvalue weighted by Gasteiger charge is -2.42. The van der Waals surface area contributed by atoms with Gasteiger partial charge in [0.2, 0.25) is 5.95 Å². The Morgan fingerprint density at radius 2 is 1.97 bits per heavy atom. The number of hydrogen-bond acceptors (Lipinski definition) is 5. The van der Waals surface area contributed by atoms with Crippen LogP contribution in [-0.2, 0) is 18.4 Å². The maximum Gasteiger partial charge on any atom is 0.223 e. The van der Waals surface area contributed by atoms with Gasteiger partial charge in [0.25, 0.3) is 0 Å². The van der Waals surface area contributed by atoms with E-state index in [1.54, 1.807) is 7.11 Å². The zero-order valence-corrected chi connectivity index (χ0v) is 16.7. The highest BCUT2D eigenvalue weighted by Gasteiger charge is 2.40. The third kappa shape index (κ3) is 3.36. The van der Waals surface area contributed by atoms with Gasteiger partial charge in [-0.3, -0.25) is 0 Å². The van der Waals surface area contributed by atoms with Crippen LogP contribution in [0.4, 0.5) is 5.95 Å². The number of anilines is 1. The number of fused-ring (bicyclic) bond motifs is 4. The molecule has 0 saturated carbocycles. The van der Waals surface area contributed by atoms with Gasteiger partial charge in [0.15, 0.2) is 0 Å². The number of ether oxygens (including phenoxy) is 1. The Balaban J connectivity index is 1.44. The van der Waals surface area contributed by atoms with Gasteiger partial charge in [-0.2, -0.15) is 0 Å². The Bertz CT molecular complexity index is 1030. The van der Waals surface area contributed by atoms with Crippen LogP contribution in [0.1, 0.15) is 29.5 Å². The first kappa shape index (κ1) is 18.1. The zero-order valence-electron chi connectivity index (χ0n) is 16.7. The predicted octanol–water partition coefficient (Wildman–Crippen LogP) is 3.94. The molecule has 1 fully saturated rings. The van der Waals surface area contributed by atoms with E-state index >= 15 is 0 Å². The van der Waals surface area contributed by atoms with Crippen molar-refractivity contribution in [3.05, 3.63) is 71.4 Å². The smallest absolute Gasteiger partial charge is 0.223 e. The second-order valence-electron chi connectivity index (χ2n) is 8.03. The first-order valence-electron chi connectivity index (χ1n) is 10.3. The summed E-state index contributed by atoms with van der Waals surface area (Å²) in [5, 5.41) is 6.89. The first-order chi connectivity index (χ1) is 14.3. The second-order valence-corrected chi connectivity index (χ2v) is 8.03. The molecule has 2 heterocycles. The maximum atomic E-state index is 5.31. The van der Waals surface area contributed by atoms with Crippen LogP contribution in [0.15, 0.2) is 54.7 Å². The molecule has 5 nitrogen and oxygen atoms in total. The molecule has 1 aliphatic carbocycles. The average molecular weight is 386 g/mol. The fourth-order valence-electron chi connectivity index (χ4n) is 4.78. The van der Waals surface area contributed by atoms with E-state index in [4.69, 9.17) is 9.72 Å². The van der Waals surface area contributed by atoms with E-state index in [1.165, 1.54) is 29.5 Å². The summed E-state index contributed by atoms with van der Waals surface area (Å²) in [6, 6.07) is 16.9. The largest absolute Gasteiger partial charge is 0.497 e. The van der Waals surface area contributed by atoms with E-state index in [0.717, 1.165) is 36.5 Å². The van der Waals surface area contributed by atoms with Gasteiger partial charge in [-0.25, -0.2) is 9.97 Å². The molecule has 0 unspecified atom stereocenters. The number of nitrogens with one attached hydrogen (secondary N) is 2. The normalized spacial score (nSPS) is 16.7. The molecule has 0 amide bonds. The van der Waals surface area contributed by atoms with Crippen molar-refractivity contribution in [2.45, 2.75) is 31.2 Å². The van der Waals surface area contributed by atoms with E-state index in [1.807, 2.05) is 24.4 Å². The number of rotatable bonds is 4. The van der Waals surface area contributed by atoms with Crippen LogP contribution in [0.3, 0.4) is 0 Å². The molecular formula is C24H26N4O. The van der Waals surface area contributed by atoms with Crippen molar-refractivity contribution in [2.75, 3.05) is 25.5 Å². The summed E-state index contributed by atoms with van der Waals surface area (Å²) >= 11 is 0. The molecule has 1 spiro atoms. The lowest BCUT2D eigenvalue weighted by Crippen LogP contribution is -2.43. The van der Waals surface area contributed by atoms with Crippen LogP contribution in [0.25, 0.3) is 11.3 Å². The van der Waals surface area contributed by atoms with Crippen LogP contribution in [0.5, 0.6) is 5.75 Å².